The zero-order chi connectivity index (χ0) is 31.1. The highest BCUT2D eigenvalue weighted by Gasteiger charge is 2.09. The number of thioether (sulfide) groups is 1. The predicted molar refractivity (Wildman–Crippen MR) is 183 cm³/mol. The number of nitrogens with one attached hydrogen (secondary N) is 1. The Bertz CT molecular complexity index is 1480. The highest BCUT2D eigenvalue weighted by molar-refractivity contribution is 7.98. The summed E-state index contributed by atoms with van der Waals surface area (Å²) in [6.45, 7) is 11.6. The van der Waals surface area contributed by atoms with Gasteiger partial charge in [-0.05, 0) is 89.6 Å². The number of carbonyl (C=O) groups is 1. The van der Waals surface area contributed by atoms with Crippen molar-refractivity contribution >= 4 is 29.4 Å². The number of rotatable bonds is 17. The van der Waals surface area contributed by atoms with Gasteiger partial charge < -0.3 is 19.4 Å². The van der Waals surface area contributed by atoms with Gasteiger partial charge in [-0.3, -0.25) is 4.79 Å². The number of hydrogen-bond donors (Lipinski definition) is 1. The lowest BCUT2D eigenvalue weighted by Crippen LogP contribution is -2.07. The lowest BCUT2D eigenvalue weighted by molar-refractivity contribution is -0.111. The first-order valence-electron chi connectivity index (χ1n) is 15.6. The molecule has 1 heterocycles. The maximum absolute atomic E-state index is 12.8. The molecule has 4 aromatic rings. The van der Waals surface area contributed by atoms with E-state index in [0.717, 1.165) is 71.2 Å². The monoisotopic (exact) mass is 611 g/mol. The van der Waals surface area contributed by atoms with Crippen LogP contribution in [0.15, 0.2) is 90.2 Å². The minimum absolute atomic E-state index is 0.158. The van der Waals surface area contributed by atoms with Crippen molar-refractivity contribution < 1.29 is 14.3 Å². The standard InChI is InChI=1S/C37H45N3O3S/c1-5-7-21-42-22-23-43-34-14-8-29(9-15-34)30-10-18-36(28(3)4)31(24-30)11-19-37(41)39-32-12-16-35(17-13-32)44-26-33-25-38-27-40(33)20-6-2/h8-19,24-25,27-28H,5-7,20-23,26H2,1-4H3,(H,39,41)/b19-11+. The molecule has 0 unspecified atom stereocenters. The summed E-state index contributed by atoms with van der Waals surface area (Å²) >= 11 is 1.76. The highest BCUT2D eigenvalue weighted by atomic mass is 32.2. The molecule has 0 saturated carbocycles. The number of hydrogen-bond acceptors (Lipinski definition) is 5. The molecule has 0 aliphatic carbocycles. The van der Waals surface area contributed by atoms with E-state index in [1.165, 1.54) is 11.3 Å². The van der Waals surface area contributed by atoms with Gasteiger partial charge in [-0.1, -0.05) is 58.4 Å². The van der Waals surface area contributed by atoms with Crippen molar-refractivity contribution in [2.75, 3.05) is 25.1 Å². The van der Waals surface area contributed by atoms with Gasteiger partial charge in [-0.15, -0.1) is 11.8 Å². The van der Waals surface area contributed by atoms with Crippen molar-refractivity contribution in [2.45, 2.75) is 70.1 Å². The number of aromatic nitrogens is 2. The lowest BCUT2D eigenvalue weighted by Gasteiger charge is -2.13. The lowest BCUT2D eigenvalue weighted by atomic mass is 9.93. The van der Waals surface area contributed by atoms with Gasteiger partial charge in [0.05, 0.1) is 12.9 Å². The van der Waals surface area contributed by atoms with Gasteiger partial charge >= 0.3 is 0 Å². The molecule has 1 amide bonds. The Kier molecular flexibility index (Phi) is 13.1. The predicted octanol–water partition coefficient (Wildman–Crippen LogP) is 9.22. The van der Waals surface area contributed by atoms with Gasteiger partial charge in [0.25, 0.3) is 0 Å². The van der Waals surface area contributed by atoms with Gasteiger partial charge in [-0.2, -0.15) is 0 Å². The fraction of sp³-hybridized carbons (Fsp3) is 0.351. The number of unbranched alkanes of at least 4 members (excludes halogenated alkanes) is 1. The van der Waals surface area contributed by atoms with Gasteiger partial charge in [0, 0.05) is 47.5 Å². The smallest absolute Gasteiger partial charge is 0.248 e. The minimum atomic E-state index is -0.158. The number of imidazole rings is 1. The van der Waals surface area contributed by atoms with E-state index in [9.17, 15) is 4.79 Å². The van der Waals surface area contributed by atoms with E-state index >= 15 is 0 Å². The Labute approximate surface area is 266 Å². The second-order valence-corrected chi connectivity index (χ2v) is 12.1. The third-order valence-corrected chi connectivity index (χ3v) is 8.27. The molecule has 0 fully saturated rings. The molecule has 232 valence electrons. The number of aryl methyl sites for hydroxylation is 1. The molecule has 0 radical (unpaired) electrons. The van der Waals surface area contributed by atoms with E-state index in [4.69, 9.17) is 9.47 Å². The Balaban J connectivity index is 1.34. The second kappa shape index (κ2) is 17.5. The minimum Gasteiger partial charge on any atom is -0.491 e. The quantitative estimate of drug-likeness (QED) is 0.0732. The number of benzene rings is 3. The molecule has 0 saturated heterocycles. The van der Waals surface area contributed by atoms with Crippen molar-refractivity contribution in [3.8, 4) is 16.9 Å². The number of carbonyl (C=O) groups excluding carboxylic acids is 1. The van der Waals surface area contributed by atoms with Crippen LogP contribution in [-0.2, 0) is 21.8 Å². The fourth-order valence-corrected chi connectivity index (χ4v) is 5.67. The third-order valence-electron chi connectivity index (χ3n) is 7.22. The van der Waals surface area contributed by atoms with Crippen molar-refractivity contribution in [1.29, 1.82) is 0 Å². The Morgan fingerprint density at radius 2 is 1.73 bits per heavy atom. The van der Waals surface area contributed by atoms with Crippen LogP contribution < -0.4 is 10.1 Å². The van der Waals surface area contributed by atoms with Crippen LogP contribution in [0.5, 0.6) is 5.75 Å². The van der Waals surface area contributed by atoms with Gasteiger partial charge in [0.15, 0.2) is 0 Å². The van der Waals surface area contributed by atoms with E-state index < -0.39 is 0 Å². The first-order chi connectivity index (χ1) is 21.5. The normalized spacial score (nSPS) is 11.4. The van der Waals surface area contributed by atoms with Crippen LogP contribution in [0.1, 0.15) is 69.7 Å². The van der Waals surface area contributed by atoms with E-state index in [1.54, 1.807) is 17.8 Å². The first kappa shape index (κ1) is 33.1. The van der Waals surface area contributed by atoms with Crippen LogP contribution in [0.25, 0.3) is 17.2 Å². The maximum Gasteiger partial charge on any atom is 0.248 e. The zero-order valence-electron chi connectivity index (χ0n) is 26.4. The maximum atomic E-state index is 12.8. The fourth-order valence-electron chi connectivity index (χ4n) is 4.79. The molecular formula is C37H45N3O3S. The SMILES string of the molecule is CCCCOCCOc1ccc(-c2ccc(C(C)C)c(/C=C/C(=O)Nc3ccc(SCc4cncn4CCC)cc3)c2)cc1. The van der Waals surface area contributed by atoms with E-state index in [2.05, 4.69) is 72.9 Å². The number of nitrogens with zero attached hydrogens (tertiary/aromatic N) is 2. The summed E-state index contributed by atoms with van der Waals surface area (Å²) in [5.74, 6) is 1.86. The Hall–Kier alpha value is -3.81. The summed E-state index contributed by atoms with van der Waals surface area (Å²) in [6, 6.07) is 22.6. The average Bonchev–Trinajstić information content (AvgIpc) is 3.48. The molecule has 0 aliphatic heterocycles. The molecule has 6 nitrogen and oxygen atoms in total. The molecule has 4 rings (SSSR count). The van der Waals surface area contributed by atoms with E-state index in [-0.39, 0.29) is 5.91 Å². The van der Waals surface area contributed by atoms with Crippen molar-refractivity contribution in [3.05, 3.63) is 102 Å². The summed E-state index contributed by atoms with van der Waals surface area (Å²) in [5.41, 5.74) is 6.41. The molecule has 1 N–H and O–H groups in total. The van der Waals surface area contributed by atoms with Gasteiger partial charge in [0.1, 0.15) is 12.4 Å². The summed E-state index contributed by atoms with van der Waals surface area (Å²) in [4.78, 5) is 18.3. The molecule has 1 aromatic heterocycles. The van der Waals surface area contributed by atoms with Crippen LogP contribution >= 0.6 is 11.8 Å². The average molecular weight is 612 g/mol. The van der Waals surface area contributed by atoms with E-state index in [0.29, 0.717) is 19.1 Å². The highest BCUT2D eigenvalue weighted by Crippen LogP contribution is 2.29. The molecular weight excluding hydrogens is 566 g/mol. The van der Waals surface area contributed by atoms with E-state index in [1.807, 2.05) is 55.0 Å². The van der Waals surface area contributed by atoms with Crippen LogP contribution in [0, 0.1) is 0 Å². The summed E-state index contributed by atoms with van der Waals surface area (Å²) in [7, 11) is 0. The molecule has 0 aliphatic rings. The summed E-state index contributed by atoms with van der Waals surface area (Å²) < 4.78 is 13.6. The van der Waals surface area contributed by atoms with Crippen molar-refractivity contribution in [3.63, 3.8) is 0 Å². The Morgan fingerprint density at radius 3 is 2.45 bits per heavy atom. The van der Waals surface area contributed by atoms with Crippen molar-refractivity contribution in [1.82, 2.24) is 9.55 Å². The largest absolute Gasteiger partial charge is 0.491 e. The van der Waals surface area contributed by atoms with Gasteiger partial charge in [-0.25, -0.2) is 4.98 Å². The zero-order valence-corrected chi connectivity index (χ0v) is 27.2. The molecule has 0 spiro atoms. The summed E-state index contributed by atoms with van der Waals surface area (Å²) in [5, 5.41) is 2.99. The molecule has 0 bridgehead atoms. The van der Waals surface area contributed by atoms with Crippen molar-refractivity contribution in [2.24, 2.45) is 0 Å². The summed E-state index contributed by atoms with van der Waals surface area (Å²) in [6.07, 6.45) is 10.6. The molecule has 7 heteroatoms. The number of amides is 1. The molecule has 3 aromatic carbocycles. The van der Waals surface area contributed by atoms with Gasteiger partial charge in [0.2, 0.25) is 5.91 Å². The van der Waals surface area contributed by atoms with Crippen LogP contribution in [-0.4, -0.2) is 35.3 Å². The molecule has 0 atom stereocenters. The van der Waals surface area contributed by atoms with Crippen LogP contribution in [0.4, 0.5) is 5.69 Å². The first-order valence-corrected chi connectivity index (χ1v) is 16.6. The number of ether oxygens (including phenoxy) is 2. The third kappa shape index (κ3) is 10.1. The second-order valence-electron chi connectivity index (χ2n) is 11.1. The molecule has 44 heavy (non-hydrogen) atoms. The number of anilines is 1. The topological polar surface area (TPSA) is 65.4 Å². The van der Waals surface area contributed by atoms with Crippen LogP contribution in [0.3, 0.4) is 0 Å². The van der Waals surface area contributed by atoms with Crippen LogP contribution in [0.2, 0.25) is 0 Å². The Morgan fingerprint density at radius 1 is 0.955 bits per heavy atom.